The van der Waals surface area contributed by atoms with Gasteiger partial charge in [0.2, 0.25) is 0 Å². The van der Waals surface area contributed by atoms with Crippen LogP contribution in [0.25, 0.3) is 0 Å². The standard InChI is InChI=1S/C14H24N2OS/c1-8-6-9(2)11(4)16(7-8)14-15-10(3)13(18-14)12(5)17/h8-9,11-12,17H,6-7H2,1-5H3. The van der Waals surface area contributed by atoms with Gasteiger partial charge in [0.05, 0.1) is 16.7 Å². The van der Waals surface area contributed by atoms with E-state index in [1.807, 2.05) is 13.8 Å². The van der Waals surface area contributed by atoms with Gasteiger partial charge in [0, 0.05) is 12.6 Å². The molecule has 18 heavy (non-hydrogen) atoms. The van der Waals surface area contributed by atoms with E-state index in [4.69, 9.17) is 0 Å². The zero-order valence-electron chi connectivity index (χ0n) is 12.0. The quantitative estimate of drug-likeness (QED) is 0.893. The van der Waals surface area contributed by atoms with E-state index in [2.05, 4.69) is 30.7 Å². The number of thiazole rings is 1. The molecule has 2 heterocycles. The highest BCUT2D eigenvalue weighted by atomic mass is 32.1. The van der Waals surface area contributed by atoms with Crippen molar-refractivity contribution < 1.29 is 5.11 Å². The molecular formula is C14H24N2OS. The van der Waals surface area contributed by atoms with Crippen LogP contribution < -0.4 is 4.90 Å². The number of hydrogen-bond donors (Lipinski definition) is 1. The first-order chi connectivity index (χ1) is 8.40. The summed E-state index contributed by atoms with van der Waals surface area (Å²) in [4.78, 5) is 8.08. The summed E-state index contributed by atoms with van der Waals surface area (Å²) in [5, 5.41) is 10.8. The van der Waals surface area contributed by atoms with Crippen LogP contribution in [-0.2, 0) is 0 Å². The van der Waals surface area contributed by atoms with Crippen molar-refractivity contribution in [3.63, 3.8) is 0 Å². The number of aromatic nitrogens is 1. The number of aryl methyl sites for hydroxylation is 1. The van der Waals surface area contributed by atoms with E-state index in [0.717, 1.165) is 28.2 Å². The molecule has 4 unspecified atom stereocenters. The smallest absolute Gasteiger partial charge is 0.186 e. The second-order valence-corrected chi connectivity index (χ2v) is 6.84. The molecule has 2 rings (SSSR count). The second kappa shape index (κ2) is 5.17. The van der Waals surface area contributed by atoms with Crippen LogP contribution >= 0.6 is 11.3 Å². The highest BCUT2D eigenvalue weighted by Crippen LogP contribution is 2.36. The summed E-state index contributed by atoms with van der Waals surface area (Å²) in [7, 11) is 0. The van der Waals surface area contributed by atoms with Gasteiger partial charge in [-0.25, -0.2) is 4.98 Å². The fourth-order valence-electron chi connectivity index (χ4n) is 2.87. The van der Waals surface area contributed by atoms with Gasteiger partial charge in [0.25, 0.3) is 0 Å². The monoisotopic (exact) mass is 268 g/mol. The molecule has 1 saturated heterocycles. The molecule has 0 amide bonds. The molecule has 1 aromatic rings. The first-order valence-electron chi connectivity index (χ1n) is 6.82. The SMILES string of the molecule is Cc1nc(N2CC(C)CC(C)C2C)sc1C(C)O. The summed E-state index contributed by atoms with van der Waals surface area (Å²) < 4.78 is 0. The van der Waals surface area contributed by atoms with Crippen LogP contribution in [0.5, 0.6) is 0 Å². The van der Waals surface area contributed by atoms with Crippen molar-refractivity contribution in [1.82, 2.24) is 4.98 Å². The number of aliphatic hydroxyl groups is 1. The Balaban J connectivity index is 2.27. The molecule has 1 N–H and O–H groups in total. The van der Waals surface area contributed by atoms with Crippen molar-refractivity contribution in [1.29, 1.82) is 0 Å². The van der Waals surface area contributed by atoms with Crippen LogP contribution in [0.1, 0.15) is 50.8 Å². The van der Waals surface area contributed by atoms with E-state index in [1.165, 1.54) is 6.42 Å². The third kappa shape index (κ3) is 2.54. The Morgan fingerprint density at radius 2 is 2.06 bits per heavy atom. The van der Waals surface area contributed by atoms with E-state index < -0.39 is 6.10 Å². The summed E-state index contributed by atoms with van der Waals surface area (Å²) in [6, 6.07) is 0.536. The molecule has 0 saturated carbocycles. The maximum absolute atomic E-state index is 9.74. The third-order valence-electron chi connectivity index (χ3n) is 4.04. The maximum atomic E-state index is 9.74. The van der Waals surface area contributed by atoms with Crippen LogP contribution in [0, 0.1) is 18.8 Å². The van der Waals surface area contributed by atoms with E-state index in [0.29, 0.717) is 12.0 Å². The van der Waals surface area contributed by atoms with Crippen LogP contribution in [0.3, 0.4) is 0 Å². The van der Waals surface area contributed by atoms with Crippen LogP contribution in [0.2, 0.25) is 0 Å². The predicted octanol–water partition coefficient (Wildman–Crippen LogP) is 3.38. The molecule has 0 radical (unpaired) electrons. The largest absolute Gasteiger partial charge is 0.388 e. The summed E-state index contributed by atoms with van der Waals surface area (Å²) in [5.74, 6) is 1.42. The average molecular weight is 268 g/mol. The Kier molecular flexibility index (Phi) is 3.97. The lowest BCUT2D eigenvalue weighted by molar-refractivity contribution is 0.202. The number of piperidine rings is 1. The molecule has 0 spiro atoms. The predicted molar refractivity (Wildman–Crippen MR) is 77.2 cm³/mol. The van der Waals surface area contributed by atoms with Gasteiger partial charge < -0.3 is 10.0 Å². The van der Waals surface area contributed by atoms with Crippen LogP contribution in [-0.4, -0.2) is 22.7 Å². The van der Waals surface area contributed by atoms with E-state index >= 15 is 0 Å². The molecular weight excluding hydrogens is 244 g/mol. The van der Waals surface area contributed by atoms with E-state index in [9.17, 15) is 5.11 Å². The highest BCUT2D eigenvalue weighted by molar-refractivity contribution is 7.15. The highest BCUT2D eigenvalue weighted by Gasteiger charge is 2.31. The second-order valence-electron chi connectivity index (χ2n) is 5.83. The Hall–Kier alpha value is -0.610. The van der Waals surface area contributed by atoms with Gasteiger partial charge in [-0.3, -0.25) is 0 Å². The molecule has 1 aliphatic rings. The van der Waals surface area contributed by atoms with E-state index in [-0.39, 0.29) is 0 Å². The van der Waals surface area contributed by atoms with E-state index in [1.54, 1.807) is 11.3 Å². The van der Waals surface area contributed by atoms with Crippen LogP contribution in [0.15, 0.2) is 0 Å². The number of anilines is 1. The maximum Gasteiger partial charge on any atom is 0.186 e. The van der Waals surface area contributed by atoms with Crippen molar-refractivity contribution in [3.8, 4) is 0 Å². The molecule has 4 heteroatoms. The van der Waals surface area contributed by atoms with Gasteiger partial charge >= 0.3 is 0 Å². The molecule has 1 aliphatic heterocycles. The minimum atomic E-state index is -0.411. The Morgan fingerprint density at radius 1 is 1.39 bits per heavy atom. The molecule has 4 atom stereocenters. The minimum absolute atomic E-state index is 0.411. The van der Waals surface area contributed by atoms with Crippen molar-refractivity contribution in [3.05, 3.63) is 10.6 Å². The number of nitrogens with zero attached hydrogens (tertiary/aromatic N) is 2. The van der Waals surface area contributed by atoms with Gasteiger partial charge in [0.15, 0.2) is 5.13 Å². The molecule has 0 aromatic carbocycles. The lowest BCUT2D eigenvalue weighted by Crippen LogP contribution is -2.45. The van der Waals surface area contributed by atoms with Gasteiger partial charge in [-0.2, -0.15) is 0 Å². The summed E-state index contributed by atoms with van der Waals surface area (Å²) in [6.45, 7) is 11.8. The van der Waals surface area contributed by atoms with Gasteiger partial charge in [0.1, 0.15) is 0 Å². The first-order valence-corrected chi connectivity index (χ1v) is 7.63. The Bertz CT molecular complexity index is 416. The Morgan fingerprint density at radius 3 is 2.61 bits per heavy atom. The summed E-state index contributed by atoms with van der Waals surface area (Å²) in [6.07, 6.45) is 0.886. The van der Waals surface area contributed by atoms with Gasteiger partial charge in [-0.05, 0) is 39.0 Å². The lowest BCUT2D eigenvalue weighted by atomic mass is 9.86. The fourth-order valence-corrected chi connectivity index (χ4v) is 3.97. The Labute approximate surface area is 114 Å². The molecule has 3 nitrogen and oxygen atoms in total. The summed E-state index contributed by atoms with van der Waals surface area (Å²) >= 11 is 1.65. The van der Waals surface area contributed by atoms with Crippen molar-refractivity contribution >= 4 is 16.5 Å². The molecule has 0 bridgehead atoms. The number of rotatable bonds is 2. The normalized spacial score (nSPS) is 30.6. The average Bonchev–Trinajstić information content (AvgIpc) is 2.65. The summed E-state index contributed by atoms with van der Waals surface area (Å²) in [5.41, 5.74) is 0.975. The molecule has 0 aliphatic carbocycles. The lowest BCUT2D eigenvalue weighted by Gasteiger charge is -2.41. The molecule has 102 valence electrons. The topological polar surface area (TPSA) is 36.4 Å². The fraction of sp³-hybridized carbons (Fsp3) is 0.786. The third-order valence-corrected chi connectivity index (χ3v) is 5.41. The number of aliphatic hydroxyl groups excluding tert-OH is 1. The minimum Gasteiger partial charge on any atom is -0.388 e. The first kappa shape index (κ1) is 13.8. The van der Waals surface area contributed by atoms with Gasteiger partial charge in [-0.15, -0.1) is 0 Å². The number of hydrogen-bond acceptors (Lipinski definition) is 4. The molecule has 1 aromatic heterocycles. The van der Waals surface area contributed by atoms with Crippen LogP contribution in [0.4, 0.5) is 5.13 Å². The zero-order valence-corrected chi connectivity index (χ0v) is 12.8. The van der Waals surface area contributed by atoms with Crippen molar-refractivity contribution in [2.75, 3.05) is 11.4 Å². The van der Waals surface area contributed by atoms with Crippen molar-refractivity contribution in [2.24, 2.45) is 11.8 Å². The molecule has 1 fully saturated rings. The zero-order chi connectivity index (χ0) is 13.4. The van der Waals surface area contributed by atoms with Crippen molar-refractivity contribution in [2.45, 2.75) is 53.2 Å². The van der Waals surface area contributed by atoms with Gasteiger partial charge in [-0.1, -0.05) is 25.2 Å².